The SMILES string of the molecule is COCOC(=O)CCCCCCC[C@@H](O)C#C[Si](C)(C)C. The fourth-order valence-corrected chi connectivity index (χ4v) is 2.31. The minimum absolute atomic E-state index is 0.0369. The van der Waals surface area contributed by atoms with Gasteiger partial charge in [-0.1, -0.05) is 44.8 Å². The Morgan fingerprint density at radius 1 is 1.14 bits per heavy atom. The van der Waals surface area contributed by atoms with Crippen LogP contribution in [0.4, 0.5) is 0 Å². The summed E-state index contributed by atoms with van der Waals surface area (Å²) in [6.45, 7) is 6.55. The molecule has 0 saturated carbocycles. The van der Waals surface area contributed by atoms with Crippen molar-refractivity contribution in [1.29, 1.82) is 0 Å². The van der Waals surface area contributed by atoms with Crippen molar-refractivity contribution in [2.45, 2.75) is 70.7 Å². The zero-order chi connectivity index (χ0) is 16.1. The summed E-state index contributed by atoms with van der Waals surface area (Å²) in [6, 6.07) is 0. The number of carbonyl (C=O) groups is 1. The number of rotatable bonds is 10. The predicted molar refractivity (Wildman–Crippen MR) is 87.4 cm³/mol. The minimum atomic E-state index is -1.38. The predicted octanol–water partition coefficient (Wildman–Crippen LogP) is 3.11. The van der Waals surface area contributed by atoms with Crippen LogP contribution in [0.25, 0.3) is 0 Å². The van der Waals surface area contributed by atoms with Crippen LogP contribution in [0, 0.1) is 11.5 Å². The molecule has 0 rings (SSSR count). The average molecular weight is 314 g/mol. The first kappa shape index (κ1) is 20.2. The molecule has 1 atom stereocenters. The van der Waals surface area contributed by atoms with Gasteiger partial charge >= 0.3 is 5.97 Å². The van der Waals surface area contributed by atoms with Crippen molar-refractivity contribution < 1.29 is 19.4 Å². The maximum absolute atomic E-state index is 11.2. The van der Waals surface area contributed by atoms with Gasteiger partial charge in [0.05, 0.1) is 0 Å². The zero-order valence-corrected chi connectivity index (χ0v) is 14.9. The first-order valence-electron chi connectivity index (χ1n) is 7.70. The third-order valence-corrected chi connectivity index (χ3v) is 3.70. The van der Waals surface area contributed by atoms with E-state index in [1.54, 1.807) is 0 Å². The van der Waals surface area contributed by atoms with Gasteiger partial charge in [-0.25, -0.2) is 0 Å². The Morgan fingerprint density at radius 3 is 2.38 bits per heavy atom. The van der Waals surface area contributed by atoms with Crippen LogP contribution >= 0.6 is 0 Å². The maximum atomic E-state index is 11.2. The summed E-state index contributed by atoms with van der Waals surface area (Å²) >= 11 is 0. The Hall–Kier alpha value is -0.833. The molecule has 4 nitrogen and oxygen atoms in total. The minimum Gasteiger partial charge on any atom is -0.438 e. The normalized spacial score (nSPS) is 12.4. The van der Waals surface area contributed by atoms with Crippen LogP contribution < -0.4 is 0 Å². The maximum Gasteiger partial charge on any atom is 0.307 e. The van der Waals surface area contributed by atoms with Gasteiger partial charge < -0.3 is 14.6 Å². The highest BCUT2D eigenvalue weighted by Gasteiger charge is 2.08. The number of aliphatic hydroxyl groups is 1. The molecule has 0 aromatic heterocycles. The molecule has 5 heteroatoms. The van der Waals surface area contributed by atoms with E-state index in [4.69, 9.17) is 4.74 Å². The Balaban J connectivity index is 3.47. The van der Waals surface area contributed by atoms with Gasteiger partial charge in [0.2, 0.25) is 0 Å². The summed E-state index contributed by atoms with van der Waals surface area (Å²) in [5.41, 5.74) is 3.19. The highest BCUT2D eigenvalue weighted by molar-refractivity contribution is 6.83. The molecule has 0 fully saturated rings. The van der Waals surface area contributed by atoms with Crippen LogP contribution in [-0.4, -0.2) is 39.2 Å². The molecule has 0 bridgehead atoms. The number of methoxy groups -OCH3 is 1. The fourth-order valence-electron chi connectivity index (χ4n) is 1.71. The van der Waals surface area contributed by atoms with Crippen molar-refractivity contribution in [2.24, 2.45) is 0 Å². The molecule has 0 amide bonds. The molecule has 0 aromatic carbocycles. The number of hydrogen-bond donors (Lipinski definition) is 1. The van der Waals surface area contributed by atoms with E-state index in [-0.39, 0.29) is 12.8 Å². The molecule has 0 heterocycles. The lowest BCUT2D eigenvalue weighted by atomic mass is 10.1. The molecule has 21 heavy (non-hydrogen) atoms. The summed E-state index contributed by atoms with van der Waals surface area (Å²) in [7, 11) is 0.116. The number of esters is 1. The lowest BCUT2D eigenvalue weighted by molar-refractivity contribution is -0.154. The van der Waals surface area contributed by atoms with E-state index >= 15 is 0 Å². The van der Waals surface area contributed by atoms with E-state index in [1.807, 2.05) is 0 Å². The summed E-state index contributed by atoms with van der Waals surface area (Å²) in [5.74, 6) is 2.75. The van der Waals surface area contributed by atoms with Gasteiger partial charge in [0.25, 0.3) is 0 Å². The number of ether oxygens (including phenoxy) is 2. The van der Waals surface area contributed by atoms with E-state index in [1.165, 1.54) is 7.11 Å². The second-order valence-electron chi connectivity index (χ2n) is 6.26. The molecule has 0 saturated heterocycles. The topological polar surface area (TPSA) is 55.8 Å². The molecule has 0 aliphatic rings. The van der Waals surface area contributed by atoms with Gasteiger partial charge in [-0.2, -0.15) is 0 Å². The first-order valence-corrected chi connectivity index (χ1v) is 11.2. The molecular formula is C16H30O4Si. The monoisotopic (exact) mass is 314 g/mol. The smallest absolute Gasteiger partial charge is 0.307 e. The summed E-state index contributed by atoms with van der Waals surface area (Å²) < 4.78 is 9.46. The van der Waals surface area contributed by atoms with Crippen LogP contribution in [0.1, 0.15) is 44.9 Å². The van der Waals surface area contributed by atoms with Gasteiger partial charge in [0.15, 0.2) is 6.79 Å². The van der Waals surface area contributed by atoms with Crippen LogP contribution in [0.5, 0.6) is 0 Å². The van der Waals surface area contributed by atoms with E-state index in [9.17, 15) is 9.90 Å². The Kier molecular flexibility index (Phi) is 11.3. The average Bonchev–Trinajstić information content (AvgIpc) is 2.41. The highest BCUT2D eigenvalue weighted by atomic mass is 28.3. The first-order chi connectivity index (χ1) is 9.85. The summed E-state index contributed by atoms with van der Waals surface area (Å²) in [6.07, 6.45) is 5.70. The number of unbranched alkanes of at least 4 members (excludes halogenated alkanes) is 4. The summed E-state index contributed by atoms with van der Waals surface area (Å²) in [5, 5.41) is 9.75. The lowest BCUT2D eigenvalue weighted by Crippen LogP contribution is -2.17. The number of hydrogen-bond acceptors (Lipinski definition) is 4. The molecule has 0 spiro atoms. The molecule has 0 aromatic rings. The second kappa shape index (κ2) is 11.8. The van der Waals surface area contributed by atoms with Crippen molar-refractivity contribution in [1.82, 2.24) is 0 Å². The number of carbonyl (C=O) groups excluding carboxylic acids is 1. The van der Waals surface area contributed by atoms with Gasteiger partial charge in [-0.15, -0.1) is 5.54 Å². The van der Waals surface area contributed by atoms with Crippen molar-refractivity contribution in [2.75, 3.05) is 13.9 Å². The molecule has 0 radical (unpaired) electrons. The summed E-state index contributed by atoms with van der Waals surface area (Å²) in [4.78, 5) is 11.2. The zero-order valence-electron chi connectivity index (χ0n) is 13.9. The highest BCUT2D eigenvalue weighted by Crippen LogP contribution is 2.09. The van der Waals surface area contributed by atoms with Gasteiger partial charge in [0.1, 0.15) is 14.2 Å². The van der Waals surface area contributed by atoms with Crippen molar-refractivity contribution in [3.63, 3.8) is 0 Å². The van der Waals surface area contributed by atoms with Crippen LogP contribution in [0.2, 0.25) is 19.6 Å². The van der Waals surface area contributed by atoms with E-state index in [0.717, 1.165) is 38.5 Å². The van der Waals surface area contributed by atoms with Crippen LogP contribution in [-0.2, 0) is 14.3 Å². The molecule has 0 aliphatic carbocycles. The van der Waals surface area contributed by atoms with Crippen molar-refractivity contribution >= 4 is 14.0 Å². The molecule has 122 valence electrons. The molecule has 1 N–H and O–H groups in total. The van der Waals surface area contributed by atoms with Gasteiger partial charge in [0, 0.05) is 13.5 Å². The Bertz CT molecular complexity index is 338. The van der Waals surface area contributed by atoms with Crippen LogP contribution in [0.15, 0.2) is 0 Å². The molecule has 0 aliphatic heterocycles. The Morgan fingerprint density at radius 2 is 1.76 bits per heavy atom. The van der Waals surface area contributed by atoms with Crippen molar-refractivity contribution in [3.8, 4) is 11.5 Å². The van der Waals surface area contributed by atoms with Crippen molar-refractivity contribution in [3.05, 3.63) is 0 Å². The van der Waals surface area contributed by atoms with E-state index in [0.29, 0.717) is 6.42 Å². The fraction of sp³-hybridized carbons (Fsp3) is 0.812. The number of aliphatic hydroxyl groups excluding tert-OH is 1. The Labute approximate surface area is 130 Å². The largest absolute Gasteiger partial charge is 0.438 e. The quantitative estimate of drug-likeness (QED) is 0.221. The van der Waals surface area contributed by atoms with Crippen LogP contribution in [0.3, 0.4) is 0 Å². The third kappa shape index (κ3) is 15.4. The molecule has 0 unspecified atom stereocenters. The standard InChI is InChI=1S/C16H30O4Si/c1-19-14-20-16(18)11-9-7-5-6-8-10-15(17)12-13-21(2,3)4/h15,17H,5-11,14H2,1-4H3/t15-/m1/s1. The van der Waals surface area contributed by atoms with Gasteiger partial charge in [-0.05, 0) is 19.3 Å². The van der Waals surface area contributed by atoms with E-state index in [2.05, 4.69) is 35.8 Å². The lowest BCUT2D eigenvalue weighted by Gasteiger charge is -2.07. The van der Waals surface area contributed by atoms with E-state index < -0.39 is 14.2 Å². The third-order valence-electron chi connectivity index (χ3n) is 2.81. The van der Waals surface area contributed by atoms with Gasteiger partial charge in [-0.3, -0.25) is 4.79 Å². The second-order valence-corrected chi connectivity index (χ2v) is 11.0. The molecular weight excluding hydrogens is 284 g/mol.